The monoisotopic (exact) mass is 763 g/mol. The van der Waals surface area contributed by atoms with Gasteiger partial charge in [-0.3, -0.25) is 4.98 Å². The summed E-state index contributed by atoms with van der Waals surface area (Å²) in [6.07, 6.45) is 1.88. The highest BCUT2D eigenvalue weighted by molar-refractivity contribution is 6.23. The maximum atomic E-state index is 7.67. The highest BCUT2D eigenvalue weighted by Gasteiger charge is 2.18. The largest absolute Gasteiger partial charge is 0.256 e. The molecule has 9 aromatic carbocycles. The fourth-order valence-corrected chi connectivity index (χ4v) is 8.51. The molecule has 0 spiro atoms. The van der Waals surface area contributed by atoms with Gasteiger partial charge in [0.15, 0.2) is 23.2 Å². The summed E-state index contributed by atoms with van der Waals surface area (Å²) in [4.78, 5) is 23.7. The number of hydrogen-bond donors (Lipinski definition) is 0. The fraction of sp³-hybridized carbons (Fsp3) is 0. The number of benzene rings is 9. The van der Waals surface area contributed by atoms with Crippen LogP contribution >= 0.6 is 0 Å². The van der Waals surface area contributed by atoms with Crippen LogP contribution in [-0.4, -0.2) is 19.9 Å². The van der Waals surface area contributed by atoms with Crippen molar-refractivity contribution in [2.45, 2.75) is 0 Å². The minimum absolute atomic E-state index is 0.609. The quantitative estimate of drug-likeness (QED) is 0.125. The first-order valence-electron chi connectivity index (χ1n) is 19.9. The van der Waals surface area contributed by atoms with Gasteiger partial charge < -0.3 is 0 Å². The Bertz CT molecular complexity index is 3420. The second kappa shape index (κ2) is 14.6. The van der Waals surface area contributed by atoms with E-state index in [4.69, 9.17) is 26.5 Å². The van der Waals surface area contributed by atoms with Crippen LogP contribution in [0.4, 0.5) is 5.69 Å². The van der Waals surface area contributed by atoms with Gasteiger partial charge in [0.05, 0.1) is 12.1 Å². The maximum Gasteiger partial charge on any atom is 0.194 e. The first-order chi connectivity index (χ1) is 29.7. The van der Waals surface area contributed by atoms with Gasteiger partial charge in [0.25, 0.3) is 0 Å². The second-order valence-electron chi connectivity index (χ2n) is 14.9. The van der Waals surface area contributed by atoms with E-state index >= 15 is 0 Å². The van der Waals surface area contributed by atoms with Crippen molar-refractivity contribution in [2.75, 3.05) is 0 Å². The number of hydrogen-bond acceptors (Lipinski definition) is 4. The van der Waals surface area contributed by atoms with Gasteiger partial charge in [-0.15, -0.1) is 0 Å². The summed E-state index contributed by atoms with van der Waals surface area (Å²) in [5, 5.41) is 7.81. The van der Waals surface area contributed by atoms with E-state index < -0.39 is 0 Å². The van der Waals surface area contributed by atoms with Crippen LogP contribution in [0.25, 0.3) is 116 Å². The third kappa shape index (κ3) is 6.03. The summed E-state index contributed by atoms with van der Waals surface area (Å²) in [5.41, 5.74) is 11.0. The van der Waals surface area contributed by atoms with Crippen molar-refractivity contribution in [1.29, 1.82) is 0 Å². The average Bonchev–Trinajstić information content (AvgIpc) is 3.33. The maximum absolute atomic E-state index is 7.67. The van der Waals surface area contributed by atoms with Gasteiger partial charge in [-0.25, -0.2) is 19.8 Å². The van der Waals surface area contributed by atoms with Crippen LogP contribution < -0.4 is 0 Å². The Labute approximate surface area is 346 Å². The Kier molecular flexibility index (Phi) is 8.46. The topological polar surface area (TPSA) is 55.9 Å². The van der Waals surface area contributed by atoms with Crippen molar-refractivity contribution < 1.29 is 0 Å². The SMILES string of the molecule is [C-]#[N+]c1ccc(-c2ccc(-c3cc4c5cccnc5c(-c5cccc(-c6nc(-c7ccccc7)nc(-c7ccccc7)n6)c5)cc4c4ccccc34)cc2)c2ccccc12. The molecule has 5 nitrogen and oxygen atoms in total. The van der Waals surface area contributed by atoms with Crippen molar-refractivity contribution >= 4 is 48.9 Å². The van der Waals surface area contributed by atoms with Crippen LogP contribution in [0.3, 0.4) is 0 Å². The van der Waals surface area contributed by atoms with Crippen LogP contribution in [0, 0.1) is 6.57 Å². The highest BCUT2D eigenvalue weighted by Crippen LogP contribution is 2.43. The molecule has 0 saturated heterocycles. The lowest BCUT2D eigenvalue weighted by Crippen LogP contribution is -2.00. The van der Waals surface area contributed by atoms with Gasteiger partial charge in [-0.2, -0.15) is 0 Å². The average molecular weight is 764 g/mol. The first kappa shape index (κ1) is 34.9. The number of rotatable bonds is 6. The molecule has 0 atom stereocenters. The third-order valence-corrected chi connectivity index (χ3v) is 11.4. The van der Waals surface area contributed by atoms with Crippen LogP contribution in [-0.2, 0) is 0 Å². The molecular formula is C55H33N5. The van der Waals surface area contributed by atoms with Crippen molar-refractivity contribution in [1.82, 2.24) is 19.9 Å². The molecule has 0 N–H and O–H groups in total. The first-order valence-corrected chi connectivity index (χ1v) is 19.9. The van der Waals surface area contributed by atoms with E-state index in [1.54, 1.807) is 0 Å². The number of pyridine rings is 1. The predicted molar refractivity (Wildman–Crippen MR) is 247 cm³/mol. The molecular weight excluding hydrogens is 731 g/mol. The summed E-state index contributed by atoms with van der Waals surface area (Å²) in [5.74, 6) is 1.86. The Balaban J connectivity index is 1.05. The van der Waals surface area contributed by atoms with Gasteiger partial charge in [0, 0.05) is 33.8 Å². The van der Waals surface area contributed by atoms with Gasteiger partial charge in [-0.05, 0) is 84.4 Å². The molecule has 0 aliphatic carbocycles. The summed E-state index contributed by atoms with van der Waals surface area (Å²) in [7, 11) is 0. The summed E-state index contributed by atoms with van der Waals surface area (Å²) < 4.78 is 0. The van der Waals surface area contributed by atoms with E-state index in [0.29, 0.717) is 23.2 Å². The lowest BCUT2D eigenvalue weighted by Gasteiger charge is -2.16. The van der Waals surface area contributed by atoms with Crippen LogP contribution in [0.2, 0.25) is 0 Å². The minimum Gasteiger partial charge on any atom is -0.256 e. The van der Waals surface area contributed by atoms with Crippen molar-refractivity contribution in [3.8, 4) is 67.5 Å². The fourth-order valence-electron chi connectivity index (χ4n) is 8.51. The van der Waals surface area contributed by atoms with Crippen LogP contribution in [0.1, 0.15) is 0 Å². The number of nitrogens with zero attached hydrogens (tertiary/aromatic N) is 5. The molecule has 2 heterocycles. The van der Waals surface area contributed by atoms with Crippen molar-refractivity contribution in [3.63, 3.8) is 0 Å². The zero-order chi connectivity index (χ0) is 40.0. The number of fused-ring (bicyclic) bond motifs is 6. The summed E-state index contributed by atoms with van der Waals surface area (Å²) >= 11 is 0. The Morgan fingerprint density at radius 2 is 0.817 bits per heavy atom. The molecule has 11 rings (SSSR count). The second-order valence-corrected chi connectivity index (χ2v) is 14.9. The van der Waals surface area contributed by atoms with E-state index in [9.17, 15) is 0 Å². The van der Waals surface area contributed by atoms with Crippen molar-refractivity contribution in [2.24, 2.45) is 0 Å². The zero-order valence-corrected chi connectivity index (χ0v) is 32.3. The van der Waals surface area contributed by atoms with E-state index in [2.05, 4.69) is 108 Å². The molecule has 0 fully saturated rings. The van der Waals surface area contributed by atoms with E-state index in [-0.39, 0.29) is 0 Å². The molecule has 0 aliphatic heterocycles. The molecule has 11 aromatic rings. The van der Waals surface area contributed by atoms with Crippen molar-refractivity contribution in [3.05, 3.63) is 212 Å². The number of aromatic nitrogens is 4. The minimum atomic E-state index is 0.609. The summed E-state index contributed by atoms with van der Waals surface area (Å²) in [6.45, 7) is 7.67. The third-order valence-electron chi connectivity index (χ3n) is 11.4. The highest BCUT2D eigenvalue weighted by atomic mass is 15.0. The molecule has 0 bridgehead atoms. The molecule has 0 unspecified atom stereocenters. The molecule has 5 heteroatoms. The lowest BCUT2D eigenvalue weighted by molar-refractivity contribution is 1.07. The predicted octanol–water partition coefficient (Wildman–Crippen LogP) is 14.4. The molecule has 0 saturated carbocycles. The van der Waals surface area contributed by atoms with Gasteiger partial charge in [0.1, 0.15) is 0 Å². The molecule has 278 valence electrons. The molecule has 0 aliphatic rings. The van der Waals surface area contributed by atoms with E-state index in [1.807, 2.05) is 97.2 Å². The smallest absolute Gasteiger partial charge is 0.194 e. The Morgan fingerprint density at radius 1 is 0.317 bits per heavy atom. The standard InChI is InChI=1S/C55H33N5/c1-56-51-30-29-41(42-20-10-11-23-45(42)51)35-25-27-36(28-26-35)47-33-50-46-24-13-31-57-52(46)48(34-49(50)44-22-9-8-21-43(44)47)39-18-12-19-40(32-39)55-59-53(37-14-4-2-5-15-37)58-54(60-55)38-16-6-3-7-17-38/h2-34H. The summed E-state index contributed by atoms with van der Waals surface area (Å²) in [6, 6.07) is 67.1. The normalized spacial score (nSPS) is 11.3. The van der Waals surface area contributed by atoms with E-state index in [0.717, 1.165) is 82.5 Å². The Hall–Kier alpha value is -8.33. The molecule has 0 radical (unpaired) electrons. The van der Waals surface area contributed by atoms with E-state index in [1.165, 1.54) is 10.8 Å². The molecule has 60 heavy (non-hydrogen) atoms. The Morgan fingerprint density at radius 3 is 1.48 bits per heavy atom. The van der Waals surface area contributed by atoms with Crippen LogP contribution in [0.5, 0.6) is 0 Å². The molecule has 0 amide bonds. The lowest BCUT2D eigenvalue weighted by atomic mass is 9.88. The van der Waals surface area contributed by atoms with Crippen LogP contribution in [0.15, 0.2) is 200 Å². The molecule has 2 aromatic heterocycles. The zero-order valence-electron chi connectivity index (χ0n) is 32.3. The van der Waals surface area contributed by atoms with Gasteiger partial charge >= 0.3 is 0 Å². The van der Waals surface area contributed by atoms with Gasteiger partial charge in [0.2, 0.25) is 0 Å². The van der Waals surface area contributed by atoms with Gasteiger partial charge in [-0.1, -0.05) is 170 Å².